The van der Waals surface area contributed by atoms with Gasteiger partial charge in [-0.2, -0.15) is 0 Å². The monoisotopic (exact) mass is 200 g/mol. The largest absolute Gasteiger partial charge is 0.508 e. The van der Waals surface area contributed by atoms with Crippen molar-refractivity contribution in [2.24, 2.45) is 0 Å². The first-order chi connectivity index (χ1) is 6.61. The van der Waals surface area contributed by atoms with E-state index in [1.54, 1.807) is 12.2 Å². The van der Waals surface area contributed by atoms with Crippen molar-refractivity contribution in [1.82, 2.24) is 0 Å². The van der Waals surface area contributed by atoms with E-state index < -0.39 is 6.16 Å². The molecule has 0 fully saturated rings. The lowest BCUT2D eigenvalue weighted by atomic mass is 10.3. The Morgan fingerprint density at radius 1 is 1.21 bits per heavy atom. The lowest BCUT2D eigenvalue weighted by molar-refractivity contribution is -0.144. The van der Waals surface area contributed by atoms with Crippen LogP contribution in [-0.2, 0) is 19.0 Å². The van der Waals surface area contributed by atoms with E-state index in [1.807, 2.05) is 0 Å². The van der Waals surface area contributed by atoms with Gasteiger partial charge in [0.05, 0.1) is 7.11 Å². The molecule has 5 nitrogen and oxygen atoms in total. The van der Waals surface area contributed by atoms with Crippen molar-refractivity contribution in [3.05, 3.63) is 12.2 Å². The van der Waals surface area contributed by atoms with E-state index in [4.69, 9.17) is 9.47 Å². The zero-order chi connectivity index (χ0) is 10.6. The quantitative estimate of drug-likeness (QED) is 0.492. The third-order valence-corrected chi connectivity index (χ3v) is 1.74. The molecule has 78 valence electrons. The van der Waals surface area contributed by atoms with Gasteiger partial charge in [0.15, 0.2) is 0 Å². The molecule has 1 rings (SSSR count). The molecule has 2 atom stereocenters. The third kappa shape index (κ3) is 3.08. The van der Waals surface area contributed by atoms with Gasteiger partial charge in [0.25, 0.3) is 0 Å². The molecule has 0 unspecified atom stereocenters. The molecule has 5 heteroatoms. The SMILES string of the molecule is COC(=O)O[C@H]1C=C[C@@H](OC(C)=O)C1. The Hall–Kier alpha value is -1.52. The van der Waals surface area contributed by atoms with Crippen LogP contribution in [0.2, 0.25) is 0 Å². The summed E-state index contributed by atoms with van der Waals surface area (Å²) in [5, 5.41) is 0. The summed E-state index contributed by atoms with van der Waals surface area (Å²) in [5.41, 5.74) is 0. The maximum absolute atomic E-state index is 10.7. The van der Waals surface area contributed by atoms with E-state index in [0.717, 1.165) is 0 Å². The van der Waals surface area contributed by atoms with Crippen LogP contribution in [-0.4, -0.2) is 31.4 Å². The highest BCUT2D eigenvalue weighted by atomic mass is 16.7. The van der Waals surface area contributed by atoms with Gasteiger partial charge in [-0.15, -0.1) is 0 Å². The van der Waals surface area contributed by atoms with Crippen LogP contribution in [0.5, 0.6) is 0 Å². The van der Waals surface area contributed by atoms with Gasteiger partial charge in [0.2, 0.25) is 0 Å². The summed E-state index contributed by atoms with van der Waals surface area (Å²) >= 11 is 0. The topological polar surface area (TPSA) is 61.8 Å². The van der Waals surface area contributed by atoms with Crippen LogP contribution >= 0.6 is 0 Å². The smallest absolute Gasteiger partial charge is 0.458 e. The van der Waals surface area contributed by atoms with Crippen molar-refractivity contribution in [2.75, 3.05) is 7.11 Å². The Balaban J connectivity index is 2.32. The number of ether oxygens (including phenoxy) is 3. The number of esters is 1. The maximum Gasteiger partial charge on any atom is 0.508 e. The zero-order valence-electron chi connectivity index (χ0n) is 8.06. The molecule has 0 heterocycles. The number of hydrogen-bond donors (Lipinski definition) is 0. The molecule has 0 radical (unpaired) electrons. The Bertz CT molecular complexity index is 258. The van der Waals surface area contributed by atoms with Gasteiger partial charge in [0, 0.05) is 13.3 Å². The fraction of sp³-hybridized carbons (Fsp3) is 0.556. The summed E-state index contributed by atoms with van der Waals surface area (Å²) in [7, 11) is 1.24. The van der Waals surface area contributed by atoms with Crippen LogP contribution in [0.25, 0.3) is 0 Å². The summed E-state index contributed by atoms with van der Waals surface area (Å²) in [4.78, 5) is 21.3. The number of methoxy groups -OCH3 is 1. The lowest BCUT2D eigenvalue weighted by Gasteiger charge is -2.11. The van der Waals surface area contributed by atoms with Gasteiger partial charge >= 0.3 is 12.1 Å². The van der Waals surface area contributed by atoms with Crippen molar-refractivity contribution in [3.63, 3.8) is 0 Å². The van der Waals surface area contributed by atoms with Gasteiger partial charge in [-0.05, 0) is 12.2 Å². The molecule has 1 aliphatic rings. The minimum Gasteiger partial charge on any atom is -0.458 e. The highest BCUT2D eigenvalue weighted by Crippen LogP contribution is 2.17. The first kappa shape index (κ1) is 10.6. The Morgan fingerprint density at radius 2 is 1.79 bits per heavy atom. The molecule has 0 amide bonds. The van der Waals surface area contributed by atoms with Crippen LogP contribution in [0.3, 0.4) is 0 Å². The van der Waals surface area contributed by atoms with Crippen molar-refractivity contribution >= 4 is 12.1 Å². The molecule has 0 aromatic heterocycles. The molecule has 0 aliphatic heterocycles. The Labute approximate surface area is 81.6 Å². The summed E-state index contributed by atoms with van der Waals surface area (Å²) < 4.78 is 14.1. The normalized spacial score (nSPS) is 24.4. The second-order valence-corrected chi connectivity index (χ2v) is 2.88. The molecule has 0 aromatic carbocycles. The third-order valence-electron chi connectivity index (χ3n) is 1.74. The average Bonchev–Trinajstić information content (AvgIpc) is 2.51. The first-order valence-electron chi connectivity index (χ1n) is 4.22. The number of carbonyl (C=O) groups is 2. The van der Waals surface area contributed by atoms with Crippen LogP contribution in [0.15, 0.2) is 12.2 Å². The van der Waals surface area contributed by atoms with Crippen LogP contribution < -0.4 is 0 Å². The summed E-state index contributed by atoms with van der Waals surface area (Å²) in [6.45, 7) is 1.34. The molecule has 1 aliphatic carbocycles. The van der Waals surface area contributed by atoms with Crippen molar-refractivity contribution in [3.8, 4) is 0 Å². The molecule has 0 aromatic rings. The number of rotatable bonds is 2. The minimum atomic E-state index is -0.733. The standard InChI is InChI=1S/C9H12O5/c1-6(10)13-7-3-4-8(5-7)14-9(11)12-2/h3-4,7-8H,5H2,1-2H3/t7-,8+/m1/s1. The average molecular weight is 200 g/mol. The van der Waals surface area contributed by atoms with Gasteiger partial charge in [-0.3, -0.25) is 4.79 Å². The predicted octanol–water partition coefficient (Wildman–Crippen LogP) is 1.03. The van der Waals surface area contributed by atoms with E-state index >= 15 is 0 Å². The highest BCUT2D eigenvalue weighted by Gasteiger charge is 2.24. The second-order valence-electron chi connectivity index (χ2n) is 2.88. The van der Waals surface area contributed by atoms with Gasteiger partial charge in [0.1, 0.15) is 12.2 Å². The van der Waals surface area contributed by atoms with Gasteiger partial charge in [-0.25, -0.2) is 4.79 Å². The summed E-state index contributed by atoms with van der Waals surface area (Å²) in [5.74, 6) is -0.349. The van der Waals surface area contributed by atoms with Crippen molar-refractivity contribution < 1.29 is 23.8 Å². The summed E-state index contributed by atoms with van der Waals surface area (Å²) in [6.07, 6.45) is 2.41. The molecule has 0 saturated carbocycles. The van der Waals surface area contributed by atoms with Crippen LogP contribution in [0.4, 0.5) is 4.79 Å². The van der Waals surface area contributed by atoms with Gasteiger partial charge in [-0.1, -0.05) is 0 Å². The van der Waals surface area contributed by atoms with Crippen molar-refractivity contribution in [1.29, 1.82) is 0 Å². The summed E-state index contributed by atoms with van der Waals surface area (Å²) in [6, 6.07) is 0. The molecule has 14 heavy (non-hydrogen) atoms. The second kappa shape index (κ2) is 4.64. The number of carbonyl (C=O) groups excluding carboxylic acids is 2. The lowest BCUT2D eigenvalue weighted by Crippen LogP contribution is -2.19. The Kier molecular flexibility index (Phi) is 3.50. The van der Waals surface area contributed by atoms with E-state index in [2.05, 4.69) is 4.74 Å². The number of hydrogen-bond acceptors (Lipinski definition) is 5. The molecule has 0 spiro atoms. The van der Waals surface area contributed by atoms with E-state index in [1.165, 1.54) is 14.0 Å². The molecule has 0 saturated heterocycles. The first-order valence-corrected chi connectivity index (χ1v) is 4.22. The van der Waals surface area contributed by atoms with Crippen LogP contribution in [0.1, 0.15) is 13.3 Å². The minimum absolute atomic E-state index is 0.304. The van der Waals surface area contributed by atoms with E-state index in [0.29, 0.717) is 6.42 Å². The van der Waals surface area contributed by atoms with E-state index in [-0.39, 0.29) is 18.2 Å². The predicted molar refractivity (Wildman–Crippen MR) is 46.6 cm³/mol. The molecular formula is C9H12O5. The molecular weight excluding hydrogens is 188 g/mol. The van der Waals surface area contributed by atoms with Gasteiger partial charge < -0.3 is 14.2 Å². The van der Waals surface area contributed by atoms with Crippen molar-refractivity contribution in [2.45, 2.75) is 25.6 Å². The molecule has 0 N–H and O–H groups in total. The zero-order valence-corrected chi connectivity index (χ0v) is 8.06. The maximum atomic E-state index is 10.7. The van der Waals surface area contributed by atoms with Crippen LogP contribution in [0, 0.1) is 0 Å². The fourth-order valence-electron chi connectivity index (χ4n) is 1.19. The van der Waals surface area contributed by atoms with E-state index in [9.17, 15) is 9.59 Å². The Morgan fingerprint density at radius 3 is 2.29 bits per heavy atom. The highest BCUT2D eigenvalue weighted by molar-refractivity contribution is 5.66. The fourth-order valence-corrected chi connectivity index (χ4v) is 1.19. The molecule has 0 bridgehead atoms.